The predicted molar refractivity (Wildman–Crippen MR) is 101 cm³/mol. The molecule has 0 bridgehead atoms. The number of thioether (sulfide) groups is 1. The minimum Gasteiger partial charge on any atom is -0.480 e. The number of halogens is 6. The summed E-state index contributed by atoms with van der Waals surface area (Å²) in [6.45, 7) is -0.863. The van der Waals surface area contributed by atoms with Crippen LogP contribution in [0, 0.1) is 5.92 Å². The van der Waals surface area contributed by atoms with Crippen molar-refractivity contribution in [3.05, 3.63) is 53.1 Å². The Morgan fingerprint density at radius 2 is 1.48 bits per heavy atom. The van der Waals surface area contributed by atoms with E-state index in [1.54, 1.807) is 0 Å². The number of amides is 1. The number of ketones is 1. The summed E-state index contributed by atoms with van der Waals surface area (Å²) in [7, 11) is 0. The molecule has 2 N–H and O–H groups in total. The number of Topliss-reactive ketones (excluding diaryl/α,β-unsaturated/α-hetero) is 1. The zero-order valence-electron chi connectivity index (χ0n) is 16.0. The van der Waals surface area contributed by atoms with Crippen LogP contribution in [0.5, 0.6) is 0 Å². The van der Waals surface area contributed by atoms with Gasteiger partial charge in [-0.1, -0.05) is 18.2 Å². The zero-order chi connectivity index (χ0) is 24.7. The minimum absolute atomic E-state index is 0.0504. The predicted octanol–water partition coefficient (Wildman–Crippen LogP) is 4.02. The van der Waals surface area contributed by atoms with Crippen LogP contribution in [-0.2, 0) is 26.7 Å². The number of hydrogen-bond acceptors (Lipinski definition) is 5. The monoisotopic (exact) mass is 491 g/mol. The molecule has 0 spiro atoms. The lowest BCUT2D eigenvalue weighted by molar-refractivity contribution is -0.143. The van der Waals surface area contributed by atoms with Gasteiger partial charge in [-0.25, -0.2) is 0 Å². The first-order valence-corrected chi connectivity index (χ1v) is 9.70. The molecule has 1 aliphatic rings. The van der Waals surface area contributed by atoms with Crippen molar-refractivity contribution in [2.24, 2.45) is 5.92 Å². The standard InChI is InChI=1S/C20H11F6NO5S/c21-19(22,23)9-4-8(5-10(6-9)20(24,25)26)11-2-1-3-12-15(30)14(18(32)33-16(11)12)17(31)27-7-13(28)29/h1-6,14H,7H2,(H,27,31)(H,28,29). The summed E-state index contributed by atoms with van der Waals surface area (Å²) >= 11 is 0.304. The van der Waals surface area contributed by atoms with E-state index in [0.29, 0.717) is 23.9 Å². The smallest absolute Gasteiger partial charge is 0.416 e. The lowest BCUT2D eigenvalue weighted by atomic mass is 9.92. The Bertz CT molecular complexity index is 1140. The van der Waals surface area contributed by atoms with Gasteiger partial charge in [-0.2, -0.15) is 26.3 Å². The third kappa shape index (κ3) is 5.02. The topological polar surface area (TPSA) is 101 Å². The molecule has 1 aliphatic heterocycles. The molecule has 174 valence electrons. The average Bonchev–Trinajstić information content (AvgIpc) is 2.70. The molecule has 2 aromatic rings. The van der Waals surface area contributed by atoms with E-state index in [1.165, 1.54) is 6.07 Å². The maximum absolute atomic E-state index is 13.2. The largest absolute Gasteiger partial charge is 0.480 e. The van der Waals surface area contributed by atoms with Crippen molar-refractivity contribution >= 4 is 34.5 Å². The Hall–Kier alpha value is -3.35. The van der Waals surface area contributed by atoms with Gasteiger partial charge in [0, 0.05) is 10.5 Å². The average molecular weight is 491 g/mol. The molecule has 0 saturated heterocycles. The van der Waals surface area contributed by atoms with Gasteiger partial charge in [0.1, 0.15) is 6.54 Å². The van der Waals surface area contributed by atoms with Crippen molar-refractivity contribution in [1.82, 2.24) is 5.32 Å². The van der Waals surface area contributed by atoms with Crippen molar-refractivity contribution in [1.29, 1.82) is 0 Å². The summed E-state index contributed by atoms with van der Waals surface area (Å²) in [5, 5.41) is 9.47. The first-order chi connectivity index (χ1) is 15.2. The highest BCUT2D eigenvalue weighted by atomic mass is 32.2. The van der Waals surface area contributed by atoms with Crippen molar-refractivity contribution < 1.29 is 50.6 Å². The van der Waals surface area contributed by atoms with Crippen LogP contribution >= 0.6 is 11.8 Å². The van der Waals surface area contributed by atoms with E-state index in [0.717, 1.165) is 12.1 Å². The molecule has 0 saturated carbocycles. The third-order valence-electron chi connectivity index (χ3n) is 4.56. The molecule has 2 aromatic carbocycles. The summed E-state index contributed by atoms with van der Waals surface area (Å²) in [4.78, 5) is 47.7. The lowest BCUT2D eigenvalue weighted by Crippen LogP contribution is -2.43. The highest BCUT2D eigenvalue weighted by Crippen LogP contribution is 2.44. The number of carbonyl (C=O) groups excluding carboxylic acids is 3. The van der Waals surface area contributed by atoms with Crippen LogP contribution in [0.25, 0.3) is 11.1 Å². The van der Waals surface area contributed by atoms with Gasteiger partial charge in [0.25, 0.3) is 0 Å². The number of fused-ring (bicyclic) bond motifs is 1. The zero-order valence-corrected chi connectivity index (χ0v) is 16.8. The van der Waals surface area contributed by atoms with Gasteiger partial charge in [0.2, 0.25) is 11.0 Å². The molecule has 1 atom stereocenters. The van der Waals surface area contributed by atoms with E-state index >= 15 is 0 Å². The fourth-order valence-corrected chi connectivity index (χ4v) is 4.20. The summed E-state index contributed by atoms with van der Waals surface area (Å²) in [6, 6.07) is 4.37. The van der Waals surface area contributed by atoms with Gasteiger partial charge >= 0.3 is 18.3 Å². The second-order valence-corrected chi connectivity index (χ2v) is 7.82. The molecular formula is C20H11F6NO5S. The highest BCUT2D eigenvalue weighted by molar-refractivity contribution is 8.14. The van der Waals surface area contributed by atoms with Gasteiger partial charge in [-0.05, 0) is 41.1 Å². The molecule has 1 amide bonds. The molecule has 0 aliphatic carbocycles. The van der Waals surface area contributed by atoms with E-state index in [4.69, 9.17) is 5.11 Å². The van der Waals surface area contributed by atoms with Gasteiger partial charge in [0.15, 0.2) is 11.7 Å². The first-order valence-electron chi connectivity index (χ1n) is 8.88. The summed E-state index contributed by atoms with van der Waals surface area (Å²) < 4.78 is 79.3. The molecule has 6 nitrogen and oxygen atoms in total. The van der Waals surface area contributed by atoms with Crippen LogP contribution in [-0.4, -0.2) is 34.4 Å². The van der Waals surface area contributed by atoms with Gasteiger partial charge in [-0.15, -0.1) is 0 Å². The summed E-state index contributed by atoms with van der Waals surface area (Å²) in [5.74, 6) is -5.58. The Morgan fingerprint density at radius 3 is 2.00 bits per heavy atom. The van der Waals surface area contributed by atoms with E-state index in [1.807, 2.05) is 5.32 Å². The number of carboxylic acid groups (broad SMARTS) is 1. The molecule has 3 rings (SSSR count). The SMILES string of the molecule is O=C(O)CNC(=O)C1C(=O)Sc2c(cccc2-c2cc(C(F)(F)F)cc(C(F)(F)F)c2)C1=O. The first kappa shape index (κ1) is 24.3. The quantitative estimate of drug-likeness (QED) is 0.495. The summed E-state index contributed by atoms with van der Waals surface area (Å²) in [6.07, 6.45) is -10.2. The second kappa shape index (κ2) is 8.54. The maximum Gasteiger partial charge on any atom is 0.416 e. The maximum atomic E-state index is 13.2. The van der Waals surface area contributed by atoms with E-state index < -0.39 is 64.3 Å². The fraction of sp³-hybridized carbons (Fsp3) is 0.200. The van der Waals surface area contributed by atoms with Crippen molar-refractivity contribution in [2.45, 2.75) is 17.2 Å². The number of hydrogen-bond donors (Lipinski definition) is 2. The van der Waals surface area contributed by atoms with E-state index in [9.17, 15) is 45.5 Å². The van der Waals surface area contributed by atoms with Crippen molar-refractivity contribution in [2.75, 3.05) is 6.54 Å². The number of nitrogens with one attached hydrogen (secondary N) is 1. The van der Waals surface area contributed by atoms with Crippen LogP contribution in [0.15, 0.2) is 41.3 Å². The Morgan fingerprint density at radius 1 is 0.939 bits per heavy atom. The van der Waals surface area contributed by atoms with Crippen LogP contribution < -0.4 is 5.32 Å². The second-order valence-electron chi connectivity index (χ2n) is 6.81. The van der Waals surface area contributed by atoms with Crippen LogP contribution in [0.2, 0.25) is 0 Å². The third-order valence-corrected chi connectivity index (χ3v) is 5.64. The molecule has 13 heteroatoms. The van der Waals surface area contributed by atoms with Gasteiger partial charge in [-0.3, -0.25) is 19.2 Å². The van der Waals surface area contributed by atoms with Crippen LogP contribution in [0.1, 0.15) is 21.5 Å². The van der Waals surface area contributed by atoms with Crippen LogP contribution in [0.4, 0.5) is 26.3 Å². The number of carboxylic acids is 1. The molecule has 0 aromatic heterocycles. The number of carbonyl (C=O) groups is 4. The van der Waals surface area contributed by atoms with Gasteiger partial charge < -0.3 is 10.4 Å². The number of rotatable bonds is 4. The van der Waals surface area contributed by atoms with E-state index in [-0.39, 0.29) is 22.1 Å². The molecule has 0 radical (unpaired) electrons. The molecule has 1 heterocycles. The highest BCUT2D eigenvalue weighted by Gasteiger charge is 2.42. The lowest BCUT2D eigenvalue weighted by Gasteiger charge is -2.23. The van der Waals surface area contributed by atoms with Crippen molar-refractivity contribution in [3.8, 4) is 11.1 Å². The molecule has 33 heavy (non-hydrogen) atoms. The Kier molecular flexibility index (Phi) is 6.29. The Balaban J connectivity index is 2.12. The van der Waals surface area contributed by atoms with Crippen molar-refractivity contribution in [3.63, 3.8) is 0 Å². The number of alkyl halides is 6. The minimum atomic E-state index is -5.10. The molecule has 1 unspecified atom stereocenters. The Labute approximate surface area is 185 Å². The van der Waals surface area contributed by atoms with Gasteiger partial charge in [0.05, 0.1) is 11.1 Å². The van der Waals surface area contributed by atoms with E-state index in [2.05, 4.69) is 0 Å². The number of benzene rings is 2. The molecular weight excluding hydrogens is 480 g/mol. The molecule has 0 fully saturated rings. The normalized spacial score (nSPS) is 16.4. The number of aliphatic carboxylic acids is 1. The van der Waals surface area contributed by atoms with Crippen LogP contribution in [0.3, 0.4) is 0 Å². The fourth-order valence-electron chi connectivity index (χ4n) is 3.09. The summed E-state index contributed by atoms with van der Waals surface area (Å²) in [5.41, 5.74) is -4.18.